The second-order valence-corrected chi connectivity index (χ2v) is 3.06. The van der Waals surface area contributed by atoms with Crippen LogP contribution in [0.1, 0.15) is 12.8 Å². The number of aliphatic hydroxyl groups excluding tert-OH is 1. The van der Waals surface area contributed by atoms with Gasteiger partial charge in [0.1, 0.15) is 5.78 Å². The molecule has 0 spiro atoms. The first-order chi connectivity index (χ1) is 5.29. The Kier molecular flexibility index (Phi) is 1.43. The number of allylic oxidation sites excluding steroid dienone is 2. The average molecular weight is 150 g/mol. The molecule has 0 bridgehead atoms. The summed E-state index contributed by atoms with van der Waals surface area (Å²) in [5.41, 5.74) is 1.10. The number of hydrogen-bond acceptors (Lipinski definition) is 2. The van der Waals surface area contributed by atoms with Crippen molar-refractivity contribution >= 4 is 5.78 Å². The molecular weight excluding hydrogens is 140 g/mol. The maximum Gasteiger partial charge on any atom is 0.143 e. The van der Waals surface area contributed by atoms with E-state index in [1.807, 2.05) is 12.2 Å². The summed E-state index contributed by atoms with van der Waals surface area (Å²) in [7, 11) is 0. The lowest BCUT2D eigenvalue weighted by atomic mass is 9.91. The summed E-state index contributed by atoms with van der Waals surface area (Å²) in [5.74, 6) is -0.0203. The molecule has 0 amide bonds. The average Bonchev–Trinajstić information content (AvgIpc) is 2.34. The van der Waals surface area contributed by atoms with Crippen LogP contribution in [0.4, 0.5) is 0 Å². The molecule has 1 N–H and O–H groups in total. The monoisotopic (exact) mass is 150 g/mol. The highest BCUT2D eigenvalue weighted by Gasteiger charge is 2.34. The van der Waals surface area contributed by atoms with Gasteiger partial charge in [-0.25, -0.2) is 0 Å². The third-order valence-electron chi connectivity index (χ3n) is 2.37. The van der Waals surface area contributed by atoms with Crippen molar-refractivity contribution < 1.29 is 9.90 Å². The number of aliphatic hydroxyl groups is 1. The van der Waals surface area contributed by atoms with Crippen LogP contribution in [-0.2, 0) is 4.79 Å². The van der Waals surface area contributed by atoms with Crippen molar-refractivity contribution in [1.29, 1.82) is 0 Å². The summed E-state index contributed by atoms with van der Waals surface area (Å²) in [6, 6.07) is 0. The van der Waals surface area contributed by atoms with Crippen molar-refractivity contribution in [3.63, 3.8) is 0 Å². The molecule has 0 aromatic carbocycles. The minimum atomic E-state index is -0.565. The lowest BCUT2D eigenvalue weighted by Gasteiger charge is -2.17. The van der Waals surface area contributed by atoms with Crippen molar-refractivity contribution in [2.24, 2.45) is 5.92 Å². The van der Waals surface area contributed by atoms with Crippen LogP contribution in [0.15, 0.2) is 23.8 Å². The molecule has 2 aliphatic rings. The van der Waals surface area contributed by atoms with Gasteiger partial charge in [0.25, 0.3) is 0 Å². The third kappa shape index (κ3) is 0.942. The number of carbonyl (C=O) groups excluding carboxylic acids is 1. The van der Waals surface area contributed by atoms with Crippen LogP contribution in [0, 0.1) is 5.92 Å². The third-order valence-corrected chi connectivity index (χ3v) is 2.37. The summed E-state index contributed by atoms with van der Waals surface area (Å²) in [6.07, 6.45) is 6.33. The lowest BCUT2D eigenvalue weighted by Crippen LogP contribution is -2.24. The molecule has 0 saturated heterocycles. The zero-order valence-corrected chi connectivity index (χ0v) is 6.16. The van der Waals surface area contributed by atoms with Crippen LogP contribution in [0.3, 0.4) is 0 Å². The van der Waals surface area contributed by atoms with Crippen molar-refractivity contribution in [2.75, 3.05) is 0 Å². The normalized spacial score (nSPS) is 35.4. The van der Waals surface area contributed by atoms with Gasteiger partial charge in [-0.3, -0.25) is 4.79 Å². The van der Waals surface area contributed by atoms with Gasteiger partial charge < -0.3 is 5.11 Å². The quantitative estimate of drug-likeness (QED) is 0.555. The molecule has 2 nitrogen and oxygen atoms in total. The minimum Gasteiger partial charge on any atom is -0.388 e. The van der Waals surface area contributed by atoms with E-state index in [-0.39, 0.29) is 11.7 Å². The molecule has 2 atom stereocenters. The molecule has 0 aromatic rings. The molecule has 2 aliphatic carbocycles. The molecular formula is C9H10O2. The highest BCUT2D eigenvalue weighted by molar-refractivity contribution is 5.88. The number of hydrogen-bond donors (Lipinski definition) is 1. The van der Waals surface area contributed by atoms with E-state index in [0.717, 1.165) is 12.0 Å². The Labute approximate surface area is 65.2 Å². The van der Waals surface area contributed by atoms with Gasteiger partial charge in [0.15, 0.2) is 0 Å². The zero-order chi connectivity index (χ0) is 7.84. The maximum atomic E-state index is 11.2. The Morgan fingerprint density at radius 2 is 2.27 bits per heavy atom. The summed E-state index contributed by atoms with van der Waals surface area (Å²) in [5, 5.41) is 9.40. The fourth-order valence-electron chi connectivity index (χ4n) is 1.79. The molecule has 11 heavy (non-hydrogen) atoms. The first-order valence-corrected chi connectivity index (χ1v) is 3.87. The predicted molar refractivity (Wildman–Crippen MR) is 41.0 cm³/mol. The van der Waals surface area contributed by atoms with Crippen LogP contribution < -0.4 is 0 Å². The standard InChI is InChI=1S/C9H10O2/c10-7-3-1-2-6-4-5-8(11)9(6)7/h1-3,7,9-10H,4-5H2. The molecule has 2 heteroatoms. The van der Waals surface area contributed by atoms with E-state index in [9.17, 15) is 9.90 Å². The van der Waals surface area contributed by atoms with E-state index < -0.39 is 6.10 Å². The molecule has 58 valence electrons. The topological polar surface area (TPSA) is 37.3 Å². The Morgan fingerprint density at radius 1 is 1.45 bits per heavy atom. The Morgan fingerprint density at radius 3 is 3.00 bits per heavy atom. The number of ketones is 1. The molecule has 1 fully saturated rings. The Hall–Kier alpha value is -0.890. The highest BCUT2D eigenvalue weighted by atomic mass is 16.3. The highest BCUT2D eigenvalue weighted by Crippen LogP contribution is 2.33. The first-order valence-electron chi connectivity index (χ1n) is 3.87. The van der Waals surface area contributed by atoms with E-state index in [2.05, 4.69) is 0 Å². The maximum absolute atomic E-state index is 11.2. The van der Waals surface area contributed by atoms with Crippen molar-refractivity contribution in [3.8, 4) is 0 Å². The van der Waals surface area contributed by atoms with Gasteiger partial charge >= 0.3 is 0 Å². The molecule has 1 saturated carbocycles. The van der Waals surface area contributed by atoms with E-state index in [4.69, 9.17) is 0 Å². The summed E-state index contributed by atoms with van der Waals surface area (Å²) < 4.78 is 0. The van der Waals surface area contributed by atoms with Gasteiger partial charge in [-0.1, -0.05) is 23.8 Å². The number of rotatable bonds is 0. The summed E-state index contributed by atoms with van der Waals surface area (Å²) in [6.45, 7) is 0. The number of Topliss-reactive ketones (excluding diaryl/α,β-unsaturated/α-hetero) is 1. The molecule has 0 aliphatic heterocycles. The van der Waals surface area contributed by atoms with Gasteiger partial charge in [0, 0.05) is 6.42 Å². The fourth-order valence-corrected chi connectivity index (χ4v) is 1.79. The van der Waals surface area contributed by atoms with Crippen molar-refractivity contribution in [1.82, 2.24) is 0 Å². The molecule has 2 rings (SSSR count). The Balaban J connectivity index is 2.34. The number of fused-ring (bicyclic) bond motifs is 1. The SMILES string of the molecule is O=C1CCC2=CC=CC(O)C12. The fraction of sp³-hybridized carbons (Fsp3) is 0.444. The van der Waals surface area contributed by atoms with Gasteiger partial charge in [0.05, 0.1) is 12.0 Å². The smallest absolute Gasteiger partial charge is 0.143 e. The Bertz CT molecular complexity index is 250. The van der Waals surface area contributed by atoms with Gasteiger partial charge in [-0.05, 0) is 6.42 Å². The van der Waals surface area contributed by atoms with Crippen molar-refractivity contribution in [2.45, 2.75) is 18.9 Å². The van der Waals surface area contributed by atoms with Crippen LogP contribution in [0.25, 0.3) is 0 Å². The first kappa shape index (κ1) is 6.80. The van der Waals surface area contributed by atoms with Crippen LogP contribution in [0.5, 0.6) is 0 Å². The molecule has 0 aromatic heterocycles. The lowest BCUT2D eigenvalue weighted by molar-refractivity contribution is -0.122. The largest absolute Gasteiger partial charge is 0.388 e. The van der Waals surface area contributed by atoms with Gasteiger partial charge in [-0.15, -0.1) is 0 Å². The predicted octanol–water partition coefficient (Wildman–Crippen LogP) is 0.823. The van der Waals surface area contributed by atoms with Crippen LogP contribution in [-0.4, -0.2) is 17.0 Å². The van der Waals surface area contributed by atoms with Gasteiger partial charge in [0.2, 0.25) is 0 Å². The second kappa shape index (κ2) is 2.31. The second-order valence-electron chi connectivity index (χ2n) is 3.06. The minimum absolute atomic E-state index is 0.188. The van der Waals surface area contributed by atoms with E-state index >= 15 is 0 Å². The molecule has 0 radical (unpaired) electrons. The summed E-state index contributed by atoms with van der Waals surface area (Å²) >= 11 is 0. The van der Waals surface area contributed by atoms with E-state index in [1.54, 1.807) is 6.08 Å². The number of carbonyl (C=O) groups is 1. The van der Waals surface area contributed by atoms with E-state index in [0.29, 0.717) is 6.42 Å². The zero-order valence-electron chi connectivity index (χ0n) is 6.16. The molecule has 2 unspecified atom stereocenters. The summed E-state index contributed by atoms with van der Waals surface area (Å²) in [4.78, 5) is 11.2. The van der Waals surface area contributed by atoms with Crippen molar-refractivity contribution in [3.05, 3.63) is 23.8 Å². The van der Waals surface area contributed by atoms with Crippen LogP contribution in [0.2, 0.25) is 0 Å². The van der Waals surface area contributed by atoms with Crippen LogP contribution >= 0.6 is 0 Å². The molecule has 0 heterocycles. The van der Waals surface area contributed by atoms with Gasteiger partial charge in [-0.2, -0.15) is 0 Å². The van der Waals surface area contributed by atoms with E-state index in [1.165, 1.54) is 0 Å².